The van der Waals surface area contributed by atoms with Crippen molar-refractivity contribution in [3.63, 3.8) is 0 Å². The van der Waals surface area contributed by atoms with Crippen molar-refractivity contribution in [2.45, 2.75) is 32.1 Å². The van der Waals surface area contributed by atoms with Crippen LogP contribution in [0.1, 0.15) is 31.9 Å². The highest BCUT2D eigenvalue weighted by atomic mass is 32.2. The van der Waals surface area contributed by atoms with Crippen LogP contribution < -0.4 is 26.9 Å². The second-order valence-corrected chi connectivity index (χ2v) is 8.55. The lowest BCUT2D eigenvalue weighted by atomic mass is 10.2. The molecule has 182 valence electrons. The number of carbonyl (C=O) groups excluding carboxylic acids is 2. The first-order chi connectivity index (χ1) is 16.4. The van der Waals surface area contributed by atoms with E-state index < -0.39 is 11.6 Å². The molecule has 2 aromatic rings. The molecule has 0 radical (unpaired) electrons. The Kier molecular flexibility index (Phi) is 11.0. The predicted octanol–water partition coefficient (Wildman–Crippen LogP) is 0.239. The van der Waals surface area contributed by atoms with Gasteiger partial charge in [-0.15, -0.1) is 11.8 Å². The van der Waals surface area contributed by atoms with Gasteiger partial charge in [-0.25, -0.2) is 9.98 Å². The summed E-state index contributed by atoms with van der Waals surface area (Å²) >= 11 is 1.50. The van der Waals surface area contributed by atoms with E-state index in [0.29, 0.717) is 18.7 Å². The van der Waals surface area contributed by atoms with Crippen molar-refractivity contribution in [2.24, 2.45) is 5.73 Å². The van der Waals surface area contributed by atoms with E-state index in [1.54, 1.807) is 7.05 Å². The Hall–Kier alpha value is -3.40. The molecule has 10 heteroatoms. The molecule has 9 nitrogen and oxygen atoms in total. The smallest absolute Gasteiger partial charge is 0.294 e. The molecule has 1 heterocycles. The SMILES string of the molecule is CCC(C(=O)NCC(=O)CSCc1ccccc1)n1ccnc(NCC(=CN)C(C)=[NH+]C)c1=O. The number of aromatic nitrogens is 2. The summed E-state index contributed by atoms with van der Waals surface area (Å²) in [6, 6.07) is 9.13. The van der Waals surface area contributed by atoms with E-state index in [9.17, 15) is 14.4 Å². The first-order valence-corrected chi connectivity index (χ1v) is 12.2. The first-order valence-electron chi connectivity index (χ1n) is 11.1. The molecule has 0 spiro atoms. The number of ketones is 1. The van der Waals surface area contributed by atoms with Gasteiger partial charge >= 0.3 is 0 Å². The van der Waals surface area contributed by atoms with Crippen molar-refractivity contribution in [3.8, 4) is 0 Å². The van der Waals surface area contributed by atoms with Gasteiger partial charge in [-0.05, 0) is 12.0 Å². The number of nitrogens with one attached hydrogen (secondary N) is 3. The van der Waals surface area contributed by atoms with Gasteiger partial charge in [0.15, 0.2) is 17.3 Å². The van der Waals surface area contributed by atoms with Gasteiger partial charge in [0, 0.05) is 37.8 Å². The summed E-state index contributed by atoms with van der Waals surface area (Å²) in [4.78, 5) is 45.0. The Bertz CT molecular complexity index is 1080. The summed E-state index contributed by atoms with van der Waals surface area (Å²) in [7, 11) is 1.78. The number of amides is 1. The Morgan fingerprint density at radius 3 is 2.65 bits per heavy atom. The van der Waals surface area contributed by atoms with Crippen LogP contribution in [-0.4, -0.2) is 52.8 Å². The molecular formula is C24H33N6O3S+. The van der Waals surface area contributed by atoms with Gasteiger partial charge in [-0.1, -0.05) is 37.3 Å². The van der Waals surface area contributed by atoms with Crippen LogP contribution in [0.15, 0.2) is 59.3 Å². The molecule has 1 atom stereocenters. The number of thioether (sulfide) groups is 1. The van der Waals surface area contributed by atoms with Crippen LogP contribution in [0, 0.1) is 0 Å². The van der Waals surface area contributed by atoms with E-state index in [1.807, 2.05) is 44.2 Å². The van der Waals surface area contributed by atoms with Crippen molar-refractivity contribution < 1.29 is 14.6 Å². The van der Waals surface area contributed by atoms with E-state index in [0.717, 1.165) is 22.6 Å². The van der Waals surface area contributed by atoms with Gasteiger partial charge in [0.2, 0.25) is 5.91 Å². The maximum Gasteiger partial charge on any atom is 0.294 e. The molecule has 1 aromatic carbocycles. The topological polar surface area (TPSA) is 133 Å². The second kappa shape index (κ2) is 14.0. The predicted molar refractivity (Wildman–Crippen MR) is 137 cm³/mol. The summed E-state index contributed by atoms with van der Waals surface area (Å²) in [5, 5.41) is 5.65. The minimum atomic E-state index is -0.754. The first kappa shape index (κ1) is 26.8. The number of benzene rings is 1. The minimum Gasteiger partial charge on any atom is -0.404 e. The number of carbonyl (C=O) groups is 2. The van der Waals surface area contributed by atoms with Crippen LogP contribution in [-0.2, 0) is 15.3 Å². The Labute approximate surface area is 203 Å². The molecule has 0 fully saturated rings. The maximum atomic E-state index is 12.9. The molecule has 0 aliphatic heterocycles. The van der Waals surface area contributed by atoms with Gasteiger partial charge < -0.3 is 16.4 Å². The summed E-state index contributed by atoms with van der Waals surface area (Å²) in [5.41, 5.74) is 8.03. The van der Waals surface area contributed by atoms with Crippen molar-refractivity contribution in [3.05, 3.63) is 70.4 Å². The van der Waals surface area contributed by atoms with Crippen molar-refractivity contribution >= 4 is 35.0 Å². The average molecular weight is 486 g/mol. The third-order valence-corrected chi connectivity index (χ3v) is 6.30. The zero-order valence-electron chi connectivity index (χ0n) is 19.8. The quantitative estimate of drug-likeness (QED) is 0.299. The molecule has 0 saturated heterocycles. The number of nitrogens with zero attached hydrogens (tertiary/aromatic N) is 2. The molecule has 34 heavy (non-hydrogen) atoms. The number of anilines is 1. The normalized spacial score (nSPS) is 12.8. The Balaban J connectivity index is 1.95. The van der Waals surface area contributed by atoms with E-state index in [1.165, 1.54) is 34.9 Å². The molecular weight excluding hydrogens is 452 g/mol. The fourth-order valence-corrected chi connectivity index (χ4v) is 4.03. The molecule has 1 aromatic heterocycles. The lowest BCUT2D eigenvalue weighted by molar-refractivity contribution is -0.419. The molecule has 0 aliphatic carbocycles. The third kappa shape index (κ3) is 7.87. The molecule has 0 saturated carbocycles. The zero-order valence-corrected chi connectivity index (χ0v) is 20.7. The van der Waals surface area contributed by atoms with Gasteiger partial charge in [-0.3, -0.25) is 19.0 Å². The summed E-state index contributed by atoms with van der Waals surface area (Å²) < 4.78 is 1.33. The van der Waals surface area contributed by atoms with Crippen molar-refractivity contribution in [2.75, 3.05) is 31.2 Å². The summed E-state index contributed by atoms with van der Waals surface area (Å²) in [5.74, 6) is 0.684. The Morgan fingerprint density at radius 1 is 1.26 bits per heavy atom. The lowest BCUT2D eigenvalue weighted by Gasteiger charge is -2.18. The molecule has 0 bridgehead atoms. The molecule has 1 unspecified atom stereocenters. The fourth-order valence-electron chi connectivity index (χ4n) is 3.17. The van der Waals surface area contributed by atoms with Gasteiger partial charge in [0.05, 0.1) is 17.9 Å². The largest absolute Gasteiger partial charge is 0.404 e. The highest BCUT2D eigenvalue weighted by molar-refractivity contribution is 7.99. The molecule has 0 aliphatic rings. The third-order valence-electron chi connectivity index (χ3n) is 5.23. The Morgan fingerprint density at radius 2 is 2.00 bits per heavy atom. The highest BCUT2D eigenvalue weighted by Gasteiger charge is 2.21. The molecule has 5 N–H and O–H groups in total. The number of nitrogens with two attached hydrogens (primary N) is 1. The lowest BCUT2D eigenvalue weighted by Crippen LogP contribution is -2.67. The maximum absolute atomic E-state index is 12.9. The monoisotopic (exact) mass is 485 g/mol. The molecule has 1 amide bonds. The standard InChI is InChI=1S/C24H32N6O3S/c1-4-21(23(32)29-14-20(31)16-34-15-18-8-6-5-7-9-18)30-11-10-27-22(24(30)33)28-13-19(12-25)17(2)26-3/h5-12,21H,4,13-16,25H2,1-3H3,(H,27,28)(H,29,32)/p+1. The summed E-state index contributed by atoms with van der Waals surface area (Å²) in [6.45, 7) is 3.90. The highest BCUT2D eigenvalue weighted by Crippen LogP contribution is 2.12. The van der Waals surface area contributed by atoms with Crippen LogP contribution in [0.5, 0.6) is 0 Å². The van der Waals surface area contributed by atoms with Crippen LogP contribution >= 0.6 is 11.8 Å². The van der Waals surface area contributed by atoms with Crippen LogP contribution in [0.25, 0.3) is 0 Å². The number of Topliss-reactive ketones (excluding diaryl/α,β-unsaturated/α-hetero) is 1. The van der Waals surface area contributed by atoms with Gasteiger partial charge in [0.25, 0.3) is 5.56 Å². The van der Waals surface area contributed by atoms with E-state index in [2.05, 4.69) is 20.6 Å². The van der Waals surface area contributed by atoms with E-state index in [-0.39, 0.29) is 24.1 Å². The van der Waals surface area contributed by atoms with Gasteiger partial charge in [0.1, 0.15) is 13.1 Å². The zero-order chi connectivity index (χ0) is 24.9. The van der Waals surface area contributed by atoms with Crippen LogP contribution in [0.4, 0.5) is 5.82 Å². The average Bonchev–Trinajstić information content (AvgIpc) is 2.85. The van der Waals surface area contributed by atoms with Gasteiger partial charge in [-0.2, -0.15) is 0 Å². The minimum absolute atomic E-state index is 0.0775. The van der Waals surface area contributed by atoms with E-state index >= 15 is 0 Å². The number of hydrogen-bond donors (Lipinski definition) is 4. The van der Waals surface area contributed by atoms with Crippen LogP contribution in [0.3, 0.4) is 0 Å². The van der Waals surface area contributed by atoms with Crippen molar-refractivity contribution in [1.29, 1.82) is 0 Å². The van der Waals surface area contributed by atoms with E-state index in [4.69, 9.17) is 5.73 Å². The van der Waals surface area contributed by atoms with Crippen LogP contribution in [0.2, 0.25) is 0 Å². The second-order valence-electron chi connectivity index (χ2n) is 7.57. The molecule has 2 rings (SSSR count). The summed E-state index contributed by atoms with van der Waals surface area (Å²) in [6.07, 6.45) is 4.78. The fraction of sp³-hybridized carbons (Fsp3) is 0.375. The van der Waals surface area contributed by atoms with Crippen molar-refractivity contribution in [1.82, 2.24) is 14.9 Å². The number of hydrogen-bond acceptors (Lipinski definition) is 7. The number of rotatable bonds is 13.